The van der Waals surface area contributed by atoms with Crippen molar-refractivity contribution in [3.05, 3.63) is 82.7 Å². The van der Waals surface area contributed by atoms with E-state index in [1.54, 1.807) is 6.07 Å². The molecule has 0 heterocycles. The second-order valence-electron chi connectivity index (χ2n) is 10.4. The van der Waals surface area contributed by atoms with Crippen LogP contribution < -0.4 is 0 Å². The molecular formula is C33H39F. The second kappa shape index (κ2) is 12.2. The Morgan fingerprint density at radius 1 is 0.794 bits per heavy atom. The van der Waals surface area contributed by atoms with Gasteiger partial charge in [0.05, 0.1) is 5.56 Å². The van der Waals surface area contributed by atoms with E-state index in [-0.39, 0.29) is 5.82 Å². The Labute approximate surface area is 206 Å². The van der Waals surface area contributed by atoms with Crippen LogP contribution in [0.1, 0.15) is 93.4 Å². The predicted molar refractivity (Wildman–Crippen MR) is 144 cm³/mol. The summed E-state index contributed by atoms with van der Waals surface area (Å²) in [5.41, 5.74) is 3.92. The van der Waals surface area contributed by atoms with Crippen molar-refractivity contribution in [3.63, 3.8) is 0 Å². The second-order valence-corrected chi connectivity index (χ2v) is 10.4. The van der Waals surface area contributed by atoms with Gasteiger partial charge in [0.15, 0.2) is 0 Å². The molecule has 0 aliphatic heterocycles. The molecular weight excluding hydrogens is 415 g/mol. The molecule has 1 fully saturated rings. The summed E-state index contributed by atoms with van der Waals surface area (Å²) in [6, 6.07) is 18.1. The van der Waals surface area contributed by atoms with Crippen LogP contribution in [0.15, 0.2) is 54.6 Å². The summed E-state index contributed by atoms with van der Waals surface area (Å²) in [7, 11) is 0. The first-order valence-electron chi connectivity index (χ1n) is 13.4. The molecule has 0 saturated heterocycles. The maximum absolute atomic E-state index is 14.9. The van der Waals surface area contributed by atoms with Gasteiger partial charge in [0.25, 0.3) is 0 Å². The Hall–Kier alpha value is -2.59. The molecule has 1 heteroatoms. The van der Waals surface area contributed by atoms with Gasteiger partial charge in [0.1, 0.15) is 5.82 Å². The molecule has 0 N–H and O–H groups in total. The van der Waals surface area contributed by atoms with Crippen LogP contribution in [-0.2, 0) is 6.42 Å². The predicted octanol–water partition coefficient (Wildman–Crippen LogP) is 9.40. The number of unbranched alkanes of at least 4 members (excludes halogenated alkanes) is 3. The van der Waals surface area contributed by atoms with Crippen LogP contribution in [0.25, 0.3) is 10.8 Å². The first-order valence-corrected chi connectivity index (χ1v) is 13.4. The number of benzene rings is 3. The molecule has 3 aromatic rings. The topological polar surface area (TPSA) is 0 Å². The highest BCUT2D eigenvalue weighted by Gasteiger charge is 2.20. The molecule has 0 bridgehead atoms. The fourth-order valence-corrected chi connectivity index (χ4v) is 5.44. The molecule has 1 aliphatic rings. The van der Waals surface area contributed by atoms with Crippen LogP contribution in [0, 0.1) is 36.4 Å². The summed E-state index contributed by atoms with van der Waals surface area (Å²) in [5.74, 6) is 7.85. The Kier molecular flexibility index (Phi) is 8.81. The van der Waals surface area contributed by atoms with Gasteiger partial charge in [-0.2, -0.15) is 0 Å². The lowest BCUT2D eigenvalue weighted by Gasteiger charge is -2.28. The lowest BCUT2D eigenvalue weighted by Crippen LogP contribution is -2.15. The molecule has 0 amide bonds. The van der Waals surface area contributed by atoms with Gasteiger partial charge in [-0.15, -0.1) is 0 Å². The maximum atomic E-state index is 14.9. The minimum absolute atomic E-state index is 0.225. The van der Waals surface area contributed by atoms with Crippen molar-refractivity contribution in [2.75, 3.05) is 0 Å². The summed E-state index contributed by atoms with van der Waals surface area (Å²) in [4.78, 5) is 0. The molecule has 0 atom stereocenters. The largest absolute Gasteiger partial charge is 0.205 e. The van der Waals surface area contributed by atoms with E-state index in [1.165, 1.54) is 69.8 Å². The van der Waals surface area contributed by atoms with E-state index in [9.17, 15) is 4.39 Å². The standard InChI is InChI=1S/C33H39F/c1-3-4-5-6-7-26-9-11-27(12-10-26)13-14-28-15-17-29(18-16-28)19-20-30-21-22-31-24-25(2)8-23-32(31)33(30)34/h8,15-18,21-24,26-27H,3-7,9-14H2,1-2H3. The summed E-state index contributed by atoms with van der Waals surface area (Å²) in [5, 5.41) is 1.56. The molecule has 1 saturated carbocycles. The molecule has 0 aromatic heterocycles. The third-order valence-electron chi connectivity index (χ3n) is 7.68. The van der Waals surface area contributed by atoms with E-state index in [2.05, 4.69) is 43.0 Å². The SMILES string of the molecule is CCCCCCC1CCC(CCc2ccc(C#Cc3ccc4cc(C)ccc4c3F)cc2)CC1. The van der Waals surface area contributed by atoms with E-state index in [0.29, 0.717) is 10.9 Å². The van der Waals surface area contributed by atoms with Crippen molar-refractivity contribution in [2.45, 2.75) is 84.5 Å². The van der Waals surface area contributed by atoms with Gasteiger partial charge >= 0.3 is 0 Å². The molecule has 34 heavy (non-hydrogen) atoms. The van der Waals surface area contributed by atoms with E-state index in [0.717, 1.165) is 34.8 Å². The normalized spacial score (nSPS) is 18.0. The zero-order valence-corrected chi connectivity index (χ0v) is 21.0. The summed E-state index contributed by atoms with van der Waals surface area (Å²) in [6.07, 6.45) is 15.2. The van der Waals surface area contributed by atoms with Crippen LogP contribution in [0.3, 0.4) is 0 Å². The number of fused-ring (bicyclic) bond motifs is 1. The average molecular weight is 455 g/mol. The Morgan fingerprint density at radius 2 is 1.53 bits per heavy atom. The monoisotopic (exact) mass is 454 g/mol. The molecule has 3 aromatic carbocycles. The molecule has 0 nitrogen and oxygen atoms in total. The third kappa shape index (κ3) is 6.73. The number of hydrogen-bond acceptors (Lipinski definition) is 0. The first kappa shape index (κ1) is 24.5. The van der Waals surface area contributed by atoms with Crippen LogP contribution in [0.2, 0.25) is 0 Å². The molecule has 4 rings (SSSR count). The van der Waals surface area contributed by atoms with Gasteiger partial charge in [-0.25, -0.2) is 4.39 Å². The minimum Gasteiger partial charge on any atom is -0.205 e. The number of hydrogen-bond donors (Lipinski definition) is 0. The van der Waals surface area contributed by atoms with E-state index < -0.39 is 0 Å². The molecule has 1 aliphatic carbocycles. The minimum atomic E-state index is -0.225. The van der Waals surface area contributed by atoms with Crippen molar-refractivity contribution in [3.8, 4) is 11.8 Å². The zero-order valence-electron chi connectivity index (χ0n) is 21.0. The lowest BCUT2D eigenvalue weighted by molar-refractivity contribution is 0.249. The number of halogens is 1. The number of aryl methyl sites for hydroxylation is 2. The highest BCUT2D eigenvalue weighted by molar-refractivity contribution is 5.85. The fraction of sp³-hybridized carbons (Fsp3) is 0.455. The van der Waals surface area contributed by atoms with Gasteiger partial charge in [0, 0.05) is 10.9 Å². The van der Waals surface area contributed by atoms with Crippen LogP contribution in [0.5, 0.6) is 0 Å². The van der Waals surface area contributed by atoms with Gasteiger partial charge in [-0.3, -0.25) is 0 Å². The van der Waals surface area contributed by atoms with Gasteiger partial charge < -0.3 is 0 Å². The van der Waals surface area contributed by atoms with E-state index in [1.807, 2.05) is 31.2 Å². The van der Waals surface area contributed by atoms with E-state index in [4.69, 9.17) is 0 Å². The van der Waals surface area contributed by atoms with Gasteiger partial charge in [0.2, 0.25) is 0 Å². The van der Waals surface area contributed by atoms with Crippen molar-refractivity contribution >= 4 is 10.8 Å². The quantitative estimate of drug-likeness (QED) is 0.235. The summed E-state index contributed by atoms with van der Waals surface area (Å²) in [6.45, 7) is 4.32. The van der Waals surface area contributed by atoms with E-state index >= 15 is 0 Å². The average Bonchev–Trinajstić information content (AvgIpc) is 2.86. The number of rotatable bonds is 8. The van der Waals surface area contributed by atoms with Crippen molar-refractivity contribution < 1.29 is 4.39 Å². The van der Waals surface area contributed by atoms with Crippen molar-refractivity contribution in [1.82, 2.24) is 0 Å². The Balaban J connectivity index is 1.26. The zero-order chi connectivity index (χ0) is 23.8. The molecule has 0 spiro atoms. The summed E-state index contributed by atoms with van der Waals surface area (Å²) >= 11 is 0. The maximum Gasteiger partial charge on any atom is 0.146 e. The van der Waals surface area contributed by atoms with Gasteiger partial charge in [-0.05, 0) is 60.7 Å². The summed E-state index contributed by atoms with van der Waals surface area (Å²) < 4.78 is 14.9. The van der Waals surface area contributed by atoms with Crippen molar-refractivity contribution in [2.24, 2.45) is 11.8 Å². The van der Waals surface area contributed by atoms with Crippen LogP contribution >= 0.6 is 0 Å². The third-order valence-corrected chi connectivity index (χ3v) is 7.68. The van der Waals surface area contributed by atoms with Crippen molar-refractivity contribution in [1.29, 1.82) is 0 Å². The smallest absolute Gasteiger partial charge is 0.146 e. The highest BCUT2D eigenvalue weighted by atomic mass is 19.1. The molecule has 178 valence electrons. The Bertz CT molecular complexity index is 1120. The van der Waals surface area contributed by atoms with Crippen LogP contribution in [-0.4, -0.2) is 0 Å². The fourth-order valence-electron chi connectivity index (χ4n) is 5.44. The first-order chi connectivity index (χ1) is 16.6. The van der Waals surface area contributed by atoms with Gasteiger partial charge in [-0.1, -0.05) is 119 Å². The molecule has 0 radical (unpaired) electrons. The lowest BCUT2D eigenvalue weighted by atomic mass is 9.77. The highest BCUT2D eigenvalue weighted by Crippen LogP contribution is 2.34. The van der Waals surface area contributed by atoms with Crippen LogP contribution in [0.4, 0.5) is 4.39 Å². The molecule has 0 unspecified atom stereocenters. The Morgan fingerprint density at radius 3 is 2.26 bits per heavy atom.